The molecule has 0 rings (SSSR count). The Morgan fingerprint density at radius 3 is 1.57 bits per heavy atom. The molecule has 0 unspecified atom stereocenters. The Labute approximate surface area is 127 Å². The average molecular weight is 247 g/mol. The number of rotatable bonds is 6. The van der Waals surface area contributed by atoms with Gasteiger partial charge < -0.3 is 20.0 Å². The number of aliphatic hydroxyl groups is 2. The van der Waals surface area contributed by atoms with E-state index in [0.717, 1.165) is 0 Å². The monoisotopic (exact) mass is 247 g/mol. The summed E-state index contributed by atoms with van der Waals surface area (Å²) in [5.74, 6) is 0. The molecule has 9 heteroatoms. The Balaban J connectivity index is -0.000000605. The Morgan fingerprint density at radius 2 is 1.36 bits per heavy atom. The predicted molar refractivity (Wildman–Crippen MR) is 57.0 cm³/mol. The average Bonchev–Trinajstić information content (AvgIpc) is 1.84. The summed E-state index contributed by atoms with van der Waals surface area (Å²) in [6.07, 6.45) is -0.422. The van der Waals surface area contributed by atoms with Crippen LogP contribution in [0.4, 0.5) is 0 Å². The first-order valence-electron chi connectivity index (χ1n) is 3.48. The van der Waals surface area contributed by atoms with Crippen molar-refractivity contribution in [3.05, 3.63) is 0 Å². The van der Waals surface area contributed by atoms with E-state index in [9.17, 15) is 4.57 Å². The minimum atomic E-state index is -4.08. The van der Waals surface area contributed by atoms with Gasteiger partial charge in [0, 0.05) is 13.1 Å². The van der Waals surface area contributed by atoms with Crippen molar-refractivity contribution in [2.75, 3.05) is 32.6 Å². The van der Waals surface area contributed by atoms with E-state index in [1.807, 2.05) is 0 Å². The van der Waals surface area contributed by atoms with Crippen LogP contribution >= 0.6 is 7.60 Å². The summed E-state index contributed by atoms with van der Waals surface area (Å²) in [5.41, 5.74) is 0. The van der Waals surface area contributed by atoms with Gasteiger partial charge in [-0.05, 0) is 0 Å². The van der Waals surface area contributed by atoms with Crippen LogP contribution in [0, 0.1) is 0 Å². The topological polar surface area (TPSA) is 101 Å². The first-order valence-corrected chi connectivity index (χ1v) is 5.28. The Bertz CT molecular complexity index is 160. The summed E-state index contributed by atoms with van der Waals surface area (Å²) >= 11 is 0. The molecule has 0 heterocycles. The quantitative estimate of drug-likeness (QED) is 0.297. The van der Waals surface area contributed by atoms with Gasteiger partial charge in [0.15, 0.2) is 0 Å². The van der Waals surface area contributed by atoms with Gasteiger partial charge in [0.05, 0.1) is 13.2 Å². The van der Waals surface area contributed by atoms with Crippen molar-refractivity contribution in [1.82, 2.24) is 4.90 Å². The summed E-state index contributed by atoms with van der Waals surface area (Å²) in [6, 6.07) is 0. The molecule has 4 N–H and O–H groups in total. The molecule has 78 valence electrons. The zero-order valence-electron chi connectivity index (χ0n) is 6.63. The summed E-state index contributed by atoms with van der Waals surface area (Å²) in [4.78, 5) is 18.4. The van der Waals surface area contributed by atoms with E-state index in [2.05, 4.69) is 0 Å². The summed E-state index contributed by atoms with van der Waals surface area (Å²) in [5, 5.41) is 17.0. The molecule has 0 aromatic carbocycles. The van der Waals surface area contributed by atoms with E-state index in [-0.39, 0.29) is 85.4 Å². The van der Waals surface area contributed by atoms with E-state index in [0.29, 0.717) is 0 Å². The normalized spacial score (nSPS) is 10.6. The van der Waals surface area contributed by atoms with Gasteiger partial charge in [0.1, 0.15) is 6.29 Å². The van der Waals surface area contributed by atoms with E-state index < -0.39 is 13.9 Å². The van der Waals surface area contributed by atoms with E-state index in [1.54, 1.807) is 0 Å². The molecule has 14 heavy (non-hydrogen) atoms. The maximum absolute atomic E-state index is 10.5. The number of nitrogens with zero attached hydrogens (tertiary/aromatic N) is 1. The summed E-state index contributed by atoms with van der Waals surface area (Å²) in [7, 11) is -4.08. The molecule has 0 aliphatic carbocycles. The van der Waals surface area contributed by atoms with Crippen molar-refractivity contribution in [2.45, 2.75) is 0 Å². The van der Waals surface area contributed by atoms with E-state index in [1.165, 1.54) is 4.90 Å². The first-order chi connectivity index (χ1) is 5.49. The molecule has 6 nitrogen and oxygen atoms in total. The van der Waals surface area contributed by atoms with Crippen LogP contribution < -0.4 is 0 Å². The van der Waals surface area contributed by atoms with Crippen LogP contribution in [0.5, 0.6) is 0 Å². The molecule has 0 radical (unpaired) electrons. The molecule has 0 fully saturated rings. The zero-order valence-corrected chi connectivity index (χ0v) is 7.52. The van der Waals surface area contributed by atoms with Gasteiger partial charge >= 0.3 is 66.7 Å². The third-order valence-electron chi connectivity index (χ3n) is 1.22. The number of hydrogen-bond acceptors (Lipinski definition) is 4. The molecule has 0 spiro atoms. The van der Waals surface area contributed by atoms with Crippen molar-refractivity contribution < 1.29 is 24.6 Å². The van der Waals surface area contributed by atoms with Crippen molar-refractivity contribution in [2.24, 2.45) is 0 Å². The first kappa shape index (κ1) is 21.3. The SMILES string of the molecule is O=P(O)(O)CN(CCO)CCO.[NaH].[NaH]. The fraction of sp³-hybridized carbons (Fsp3) is 1.00. The Hall–Kier alpha value is 2.03. The zero-order chi connectivity index (χ0) is 9.61. The molecular formula is C5H16NNa2O5P. The van der Waals surface area contributed by atoms with Gasteiger partial charge in [-0.25, -0.2) is 0 Å². The minimum absolute atomic E-state index is 0. The fourth-order valence-corrected chi connectivity index (χ4v) is 1.60. The second-order valence-electron chi connectivity index (χ2n) is 2.37. The van der Waals surface area contributed by atoms with Crippen LogP contribution in [0.2, 0.25) is 0 Å². The van der Waals surface area contributed by atoms with Crippen molar-refractivity contribution in [3.8, 4) is 0 Å². The molecule has 0 aromatic heterocycles. The molecule has 0 atom stereocenters. The Kier molecular flexibility index (Phi) is 17.5. The van der Waals surface area contributed by atoms with Gasteiger partial charge in [-0.15, -0.1) is 0 Å². The number of aliphatic hydroxyl groups excluding tert-OH is 2. The van der Waals surface area contributed by atoms with Gasteiger partial charge in [-0.2, -0.15) is 0 Å². The van der Waals surface area contributed by atoms with Crippen LogP contribution in [0.25, 0.3) is 0 Å². The fourth-order valence-electron chi connectivity index (χ4n) is 0.797. The van der Waals surface area contributed by atoms with Gasteiger partial charge in [0.2, 0.25) is 0 Å². The standard InChI is InChI=1S/C5H14NO5P.2Na.2H/c7-3-1-6(2-4-8)5-12(9,10)11;;;;/h7-8H,1-5H2,(H2,9,10,11);;;;. The van der Waals surface area contributed by atoms with Crippen LogP contribution in [0.1, 0.15) is 0 Å². The third kappa shape index (κ3) is 14.0. The molecule has 0 aliphatic heterocycles. The summed E-state index contributed by atoms with van der Waals surface area (Å²) < 4.78 is 10.5. The third-order valence-corrected chi connectivity index (χ3v) is 1.99. The molecule has 0 bridgehead atoms. The van der Waals surface area contributed by atoms with Crippen molar-refractivity contribution in [3.63, 3.8) is 0 Å². The second kappa shape index (κ2) is 11.5. The van der Waals surface area contributed by atoms with Gasteiger partial charge in [0.25, 0.3) is 0 Å². The molecule has 0 aromatic rings. The van der Waals surface area contributed by atoms with Crippen molar-refractivity contribution in [1.29, 1.82) is 0 Å². The summed E-state index contributed by atoms with van der Waals surface area (Å²) in [6.45, 7) is -0.0443. The van der Waals surface area contributed by atoms with Gasteiger partial charge in [-0.3, -0.25) is 9.46 Å². The van der Waals surface area contributed by atoms with E-state index in [4.69, 9.17) is 20.0 Å². The molecule has 0 amide bonds. The van der Waals surface area contributed by atoms with E-state index >= 15 is 0 Å². The van der Waals surface area contributed by atoms with Crippen LogP contribution in [-0.4, -0.2) is 117 Å². The van der Waals surface area contributed by atoms with Crippen molar-refractivity contribution >= 4 is 66.7 Å². The van der Waals surface area contributed by atoms with Crippen LogP contribution in [-0.2, 0) is 4.57 Å². The molecule has 0 saturated carbocycles. The molecule has 0 saturated heterocycles. The predicted octanol–water partition coefficient (Wildman–Crippen LogP) is -2.89. The van der Waals surface area contributed by atoms with Crippen LogP contribution in [0.3, 0.4) is 0 Å². The molecule has 0 aliphatic rings. The Morgan fingerprint density at radius 1 is 1.00 bits per heavy atom. The molecular weight excluding hydrogens is 231 g/mol. The van der Waals surface area contributed by atoms with Gasteiger partial charge in [-0.1, -0.05) is 0 Å². The van der Waals surface area contributed by atoms with Crippen LogP contribution in [0.15, 0.2) is 0 Å². The second-order valence-corrected chi connectivity index (χ2v) is 3.98. The number of hydrogen-bond donors (Lipinski definition) is 4. The maximum atomic E-state index is 10.5.